The van der Waals surface area contributed by atoms with Crippen molar-refractivity contribution in [1.82, 2.24) is 20.1 Å². The van der Waals surface area contributed by atoms with Gasteiger partial charge in [0.25, 0.3) is 5.91 Å². The average Bonchev–Trinajstić information content (AvgIpc) is 2.97. The van der Waals surface area contributed by atoms with E-state index in [1.54, 1.807) is 7.05 Å². The number of rotatable bonds is 4. The van der Waals surface area contributed by atoms with Crippen LogP contribution in [0.5, 0.6) is 0 Å². The molecule has 2 rings (SSSR count). The van der Waals surface area contributed by atoms with Crippen molar-refractivity contribution in [3.8, 4) is 0 Å². The molecule has 1 amide bonds. The van der Waals surface area contributed by atoms with E-state index in [2.05, 4.69) is 15.2 Å². The minimum atomic E-state index is -0.225. The molecule has 0 aliphatic carbocycles. The number of hydrogen-bond acceptors (Lipinski definition) is 4. The van der Waals surface area contributed by atoms with Gasteiger partial charge in [-0.1, -0.05) is 13.8 Å². The number of hydrogen-bond donors (Lipinski definition) is 1. The second-order valence-electron chi connectivity index (χ2n) is 4.87. The maximum Gasteiger partial charge on any atom is 0.293 e. The average molecular weight is 262 g/mol. The van der Waals surface area contributed by atoms with Crippen molar-refractivity contribution < 1.29 is 9.21 Å². The molecule has 0 atom stereocenters. The molecule has 6 heteroatoms. The molecule has 19 heavy (non-hydrogen) atoms. The summed E-state index contributed by atoms with van der Waals surface area (Å²) in [6.07, 6.45) is 0. The van der Waals surface area contributed by atoms with Gasteiger partial charge in [-0.15, -0.1) is 5.10 Å². The smallest absolute Gasteiger partial charge is 0.293 e. The van der Waals surface area contributed by atoms with Gasteiger partial charge in [-0.2, -0.15) is 0 Å². The van der Waals surface area contributed by atoms with E-state index in [9.17, 15) is 4.79 Å². The molecule has 2 heterocycles. The van der Waals surface area contributed by atoms with E-state index in [-0.39, 0.29) is 17.6 Å². The van der Waals surface area contributed by atoms with Crippen LogP contribution in [-0.4, -0.2) is 33.0 Å². The van der Waals surface area contributed by atoms with Crippen LogP contribution >= 0.6 is 0 Å². The van der Waals surface area contributed by atoms with Gasteiger partial charge in [0, 0.05) is 13.0 Å². The molecule has 0 fully saturated rings. The van der Waals surface area contributed by atoms with Crippen molar-refractivity contribution in [3.63, 3.8) is 0 Å². The van der Waals surface area contributed by atoms with Gasteiger partial charge >= 0.3 is 0 Å². The third-order valence-electron chi connectivity index (χ3n) is 2.78. The zero-order valence-corrected chi connectivity index (χ0v) is 11.6. The van der Waals surface area contributed by atoms with E-state index in [1.165, 1.54) is 4.90 Å². The van der Waals surface area contributed by atoms with Crippen LogP contribution in [-0.2, 0) is 6.54 Å². The first kappa shape index (κ1) is 13.3. The second kappa shape index (κ2) is 5.26. The number of aromatic nitrogens is 3. The van der Waals surface area contributed by atoms with Crippen molar-refractivity contribution in [2.45, 2.75) is 33.2 Å². The van der Waals surface area contributed by atoms with Crippen LogP contribution in [0.4, 0.5) is 0 Å². The van der Waals surface area contributed by atoms with Crippen molar-refractivity contribution in [2.75, 3.05) is 7.05 Å². The molecule has 1 N–H and O–H groups in total. The van der Waals surface area contributed by atoms with Gasteiger partial charge in [0.2, 0.25) is 5.82 Å². The highest BCUT2D eigenvalue weighted by Gasteiger charge is 2.19. The van der Waals surface area contributed by atoms with Crippen LogP contribution in [0.25, 0.3) is 0 Å². The molecule has 0 aliphatic rings. The molecular formula is C13H18N4O2. The van der Waals surface area contributed by atoms with E-state index in [4.69, 9.17) is 4.42 Å². The predicted octanol–water partition coefficient (Wildman–Crippen LogP) is 2.10. The minimum Gasteiger partial charge on any atom is -0.464 e. The summed E-state index contributed by atoms with van der Waals surface area (Å²) in [4.78, 5) is 17.9. The molecule has 6 nitrogen and oxygen atoms in total. The van der Waals surface area contributed by atoms with Crippen LogP contribution in [0, 0.1) is 6.92 Å². The molecule has 0 bridgehead atoms. The fraction of sp³-hybridized carbons (Fsp3) is 0.462. The summed E-state index contributed by atoms with van der Waals surface area (Å²) in [5.41, 5.74) is 0. The summed E-state index contributed by atoms with van der Waals surface area (Å²) >= 11 is 0. The van der Waals surface area contributed by atoms with Gasteiger partial charge < -0.3 is 9.32 Å². The Hall–Kier alpha value is -2.11. The highest BCUT2D eigenvalue weighted by Crippen LogP contribution is 2.11. The number of aromatic amines is 1. The van der Waals surface area contributed by atoms with E-state index in [1.807, 2.05) is 32.9 Å². The van der Waals surface area contributed by atoms with E-state index in [0.29, 0.717) is 12.4 Å². The fourth-order valence-electron chi connectivity index (χ4n) is 1.67. The van der Waals surface area contributed by atoms with E-state index in [0.717, 1.165) is 11.5 Å². The highest BCUT2D eigenvalue weighted by molar-refractivity contribution is 5.90. The van der Waals surface area contributed by atoms with Crippen LogP contribution in [0.2, 0.25) is 0 Å². The third kappa shape index (κ3) is 3.01. The Balaban J connectivity index is 2.05. The molecule has 0 aromatic carbocycles. The molecule has 0 unspecified atom stereocenters. The van der Waals surface area contributed by atoms with E-state index >= 15 is 0 Å². The molecule has 0 saturated carbocycles. The second-order valence-corrected chi connectivity index (χ2v) is 4.87. The Morgan fingerprint density at radius 1 is 1.47 bits per heavy atom. The Labute approximate surface area is 111 Å². The topological polar surface area (TPSA) is 75.0 Å². The SMILES string of the molecule is Cc1ccc(CN(C)C(=O)c2n[nH]c(C(C)C)n2)o1. The molecular weight excluding hydrogens is 244 g/mol. The Morgan fingerprint density at radius 2 is 2.21 bits per heavy atom. The van der Waals surface area contributed by atoms with Gasteiger partial charge in [-0.05, 0) is 19.1 Å². The lowest BCUT2D eigenvalue weighted by molar-refractivity contribution is 0.0763. The van der Waals surface area contributed by atoms with Crippen LogP contribution in [0.15, 0.2) is 16.5 Å². The zero-order chi connectivity index (χ0) is 14.0. The molecule has 0 radical (unpaired) electrons. The normalized spacial score (nSPS) is 11.0. The number of H-pyrrole nitrogens is 1. The van der Waals surface area contributed by atoms with Gasteiger partial charge in [-0.25, -0.2) is 4.98 Å². The molecule has 0 saturated heterocycles. The van der Waals surface area contributed by atoms with Gasteiger partial charge in [-0.3, -0.25) is 9.89 Å². The lowest BCUT2D eigenvalue weighted by Gasteiger charge is -2.13. The van der Waals surface area contributed by atoms with Gasteiger partial charge in [0.15, 0.2) is 0 Å². The number of nitrogens with zero attached hydrogens (tertiary/aromatic N) is 3. The number of amides is 1. The maximum atomic E-state index is 12.1. The maximum absolute atomic E-state index is 12.1. The summed E-state index contributed by atoms with van der Waals surface area (Å²) in [6.45, 7) is 6.25. The van der Waals surface area contributed by atoms with E-state index < -0.39 is 0 Å². The Bertz CT molecular complexity index is 571. The summed E-state index contributed by atoms with van der Waals surface area (Å²) in [7, 11) is 1.70. The predicted molar refractivity (Wildman–Crippen MR) is 69.7 cm³/mol. The Kier molecular flexibility index (Phi) is 3.69. The highest BCUT2D eigenvalue weighted by atomic mass is 16.3. The first-order valence-corrected chi connectivity index (χ1v) is 6.20. The quantitative estimate of drug-likeness (QED) is 0.915. The monoisotopic (exact) mass is 262 g/mol. The van der Waals surface area contributed by atoms with Crippen LogP contribution in [0.3, 0.4) is 0 Å². The summed E-state index contributed by atoms with van der Waals surface area (Å²) in [5.74, 6) is 2.47. The summed E-state index contributed by atoms with van der Waals surface area (Å²) in [5, 5.41) is 6.72. The lowest BCUT2D eigenvalue weighted by atomic mass is 10.2. The standard InChI is InChI=1S/C13H18N4O2/c1-8(2)11-14-12(16-15-11)13(18)17(4)7-10-6-5-9(3)19-10/h5-6,8H,7H2,1-4H3,(H,14,15,16). The van der Waals surface area contributed by atoms with Gasteiger partial charge in [0.05, 0.1) is 6.54 Å². The Morgan fingerprint density at radius 3 is 2.74 bits per heavy atom. The summed E-state index contributed by atoms with van der Waals surface area (Å²) in [6, 6.07) is 3.73. The van der Waals surface area contributed by atoms with Crippen LogP contribution in [0.1, 0.15) is 47.7 Å². The molecule has 102 valence electrons. The third-order valence-corrected chi connectivity index (χ3v) is 2.78. The molecule has 0 spiro atoms. The number of carbonyl (C=O) groups excluding carboxylic acids is 1. The van der Waals surface area contributed by atoms with Gasteiger partial charge in [0.1, 0.15) is 17.3 Å². The minimum absolute atomic E-state index is 0.189. The lowest BCUT2D eigenvalue weighted by Crippen LogP contribution is -2.27. The first-order chi connectivity index (χ1) is 8.97. The van der Waals surface area contributed by atoms with Crippen molar-refractivity contribution in [2.24, 2.45) is 0 Å². The molecule has 2 aromatic rings. The molecule has 2 aromatic heterocycles. The number of carbonyl (C=O) groups is 1. The fourth-order valence-corrected chi connectivity index (χ4v) is 1.67. The van der Waals surface area contributed by atoms with Crippen LogP contribution < -0.4 is 0 Å². The number of furan rings is 1. The zero-order valence-electron chi connectivity index (χ0n) is 11.6. The largest absolute Gasteiger partial charge is 0.464 e. The molecule has 0 aliphatic heterocycles. The van der Waals surface area contributed by atoms with Crippen molar-refractivity contribution in [1.29, 1.82) is 0 Å². The number of aryl methyl sites for hydroxylation is 1. The van der Waals surface area contributed by atoms with Crippen molar-refractivity contribution >= 4 is 5.91 Å². The number of nitrogens with one attached hydrogen (secondary N) is 1. The van der Waals surface area contributed by atoms with Crippen molar-refractivity contribution in [3.05, 3.63) is 35.3 Å². The first-order valence-electron chi connectivity index (χ1n) is 6.20. The summed E-state index contributed by atoms with van der Waals surface area (Å²) < 4.78 is 5.44.